The van der Waals surface area contributed by atoms with Crippen LogP contribution in [0.2, 0.25) is 10.0 Å². The average Bonchev–Trinajstić information content (AvgIpc) is 2.76. The first kappa shape index (κ1) is 12.1. The Hall–Kier alpha value is -1.91. The number of fused-ring (bicyclic) bond motifs is 1. The summed E-state index contributed by atoms with van der Waals surface area (Å²) in [5.74, 6) is 0.724. The summed E-state index contributed by atoms with van der Waals surface area (Å²) >= 11 is 12.0. The number of nitrogens with zero attached hydrogens (tertiary/aromatic N) is 1. The summed E-state index contributed by atoms with van der Waals surface area (Å²) in [4.78, 5) is 7.48. The molecule has 1 heterocycles. The van der Waals surface area contributed by atoms with Crippen LogP contribution >= 0.6 is 23.2 Å². The van der Waals surface area contributed by atoms with Crippen molar-refractivity contribution in [2.75, 3.05) is 5.73 Å². The number of benzene rings is 2. The first-order valence-corrected chi connectivity index (χ1v) is 6.24. The average molecular weight is 294 g/mol. The number of H-pyrrole nitrogens is 1. The number of hydrogen-bond acceptors (Lipinski definition) is 3. The maximum atomic E-state index is 9.44. The third-order valence-corrected chi connectivity index (χ3v) is 3.35. The molecule has 0 saturated heterocycles. The van der Waals surface area contributed by atoms with E-state index in [1.807, 2.05) is 0 Å². The zero-order valence-corrected chi connectivity index (χ0v) is 11.1. The van der Waals surface area contributed by atoms with Crippen molar-refractivity contribution in [2.24, 2.45) is 0 Å². The SMILES string of the molecule is Nc1c(Cl)cc(Cl)cc1-c1nc2ccc(O)cc2[nH]1. The zero-order valence-electron chi connectivity index (χ0n) is 9.61. The van der Waals surface area contributed by atoms with E-state index in [-0.39, 0.29) is 5.75 Å². The van der Waals surface area contributed by atoms with Crippen LogP contribution in [-0.4, -0.2) is 15.1 Å². The number of nitrogens with two attached hydrogens (primary N) is 1. The van der Waals surface area contributed by atoms with Crippen molar-refractivity contribution in [3.05, 3.63) is 40.4 Å². The third-order valence-electron chi connectivity index (χ3n) is 2.81. The van der Waals surface area contributed by atoms with Crippen LogP contribution in [0.4, 0.5) is 5.69 Å². The molecule has 0 amide bonds. The zero-order chi connectivity index (χ0) is 13.6. The molecule has 1 aromatic heterocycles. The Labute approximate surface area is 118 Å². The summed E-state index contributed by atoms with van der Waals surface area (Å²) in [6.45, 7) is 0. The van der Waals surface area contributed by atoms with Crippen LogP contribution < -0.4 is 5.73 Å². The van der Waals surface area contributed by atoms with E-state index < -0.39 is 0 Å². The van der Waals surface area contributed by atoms with Gasteiger partial charge in [0.15, 0.2) is 0 Å². The number of nitrogens with one attached hydrogen (secondary N) is 1. The number of aromatic hydroxyl groups is 1. The minimum atomic E-state index is 0.166. The van der Waals surface area contributed by atoms with Crippen LogP contribution in [0, 0.1) is 0 Å². The number of imidazole rings is 1. The Bertz CT molecular complexity index is 783. The van der Waals surface area contributed by atoms with Gasteiger partial charge in [0.1, 0.15) is 11.6 Å². The monoisotopic (exact) mass is 293 g/mol. The molecule has 0 spiro atoms. The van der Waals surface area contributed by atoms with Crippen LogP contribution in [0.1, 0.15) is 0 Å². The van der Waals surface area contributed by atoms with E-state index in [0.717, 1.165) is 5.52 Å². The van der Waals surface area contributed by atoms with E-state index in [0.29, 0.717) is 32.6 Å². The number of hydrogen-bond donors (Lipinski definition) is 3. The van der Waals surface area contributed by atoms with E-state index >= 15 is 0 Å². The minimum Gasteiger partial charge on any atom is -0.508 e. The number of halogens is 2. The second-order valence-electron chi connectivity index (χ2n) is 4.14. The molecule has 19 heavy (non-hydrogen) atoms. The van der Waals surface area contributed by atoms with Gasteiger partial charge in [0.2, 0.25) is 0 Å². The Morgan fingerprint density at radius 1 is 1.16 bits per heavy atom. The largest absolute Gasteiger partial charge is 0.508 e. The first-order valence-electron chi connectivity index (χ1n) is 5.48. The number of nitrogen functional groups attached to an aromatic ring is 1. The van der Waals surface area contributed by atoms with Crippen LogP contribution in [0.3, 0.4) is 0 Å². The second kappa shape index (κ2) is 4.33. The summed E-state index contributed by atoms with van der Waals surface area (Å²) in [5.41, 5.74) is 8.42. The van der Waals surface area contributed by atoms with Gasteiger partial charge in [0.25, 0.3) is 0 Å². The maximum absolute atomic E-state index is 9.44. The van der Waals surface area contributed by atoms with Crippen molar-refractivity contribution >= 4 is 39.9 Å². The van der Waals surface area contributed by atoms with E-state index in [1.54, 1.807) is 30.3 Å². The lowest BCUT2D eigenvalue weighted by Crippen LogP contribution is -1.92. The molecule has 3 aromatic rings. The van der Waals surface area contributed by atoms with E-state index in [4.69, 9.17) is 28.9 Å². The Balaban J connectivity index is 2.24. The first-order chi connectivity index (χ1) is 9.04. The Morgan fingerprint density at radius 3 is 2.74 bits per heavy atom. The topological polar surface area (TPSA) is 74.9 Å². The second-order valence-corrected chi connectivity index (χ2v) is 4.98. The highest BCUT2D eigenvalue weighted by atomic mass is 35.5. The molecule has 2 aromatic carbocycles. The van der Waals surface area contributed by atoms with Crippen LogP contribution in [0.15, 0.2) is 30.3 Å². The van der Waals surface area contributed by atoms with Crippen molar-refractivity contribution in [1.29, 1.82) is 0 Å². The maximum Gasteiger partial charge on any atom is 0.140 e. The highest BCUT2D eigenvalue weighted by molar-refractivity contribution is 6.37. The molecule has 3 rings (SSSR count). The van der Waals surface area contributed by atoms with E-state index in [2.05, 4.69) is 9.97 Å². The number of phenolic OH excluding ortho intramolecular Hbond substituents is 1. The van der Waals surface area contributed by atoms with Gasteiger partial charge in [-0.1, -0.05) is 23.2 Å². The van der Waals surface area contributed by atoms with Gasteiger partial charge < -0.3 is 15.8 Å². The van der Waals surface area contributed by atoms with Crippen molar-refractivity contribution in [1.82, 2.24) is 9.97 Å². The molecule has 0 aliphatic rings. The normalized spacial score (nSPS) is 11.1. The van der Waals surface area contributed by atoms with Crippen molar-refractivity contribution in [2.45, 2.75) is 0 Å². The number of rotatable bonds is 1. The Kier molecular flexibility index (Phi) is 2.77. The molecule has 0 bridgehead atoms. The minimum absolute atomic E-state index is 0.166. The van der Waals surface area contributed by atoms with E-state index in [9.17, 15) is 5.11 Å². The van der Waals surface area contributed by atoms with Gasteiger partial charge >= 0.3 is 0 Å². The molecule has 4 nitrogen and oxygen atoms in total. The summed E-state index contributed by atoms with van der Waals surface area (Å²) in [7, 11) is 0. The molecule has 0 atom stereocenters. The summed E-state index contributed by atoms with van der Waals surface area (Å²) in [5, 5.41) is 10.3. The quantitative estimate of drug-likeness (QED) is 0.597. The highest BCUT2D eigenvalue weighted by Crippen LogP contribution is 2.34. The highest BCUT2D eigenvalue weighted by Gasteiger charge is 2.12. The van der Waals surface area contributed by atoms with Crippen LogP contribution in [-0.2, 0) is 0 Å². The number of aromatic amines is 1. The molecular weight excluding hydrogens is 285 g/mol. The fourth-order valence-electron chi connectivity index (χ4n) is 1.91. The van der Waals surface area contributed by atoms with Gasteiger partial charge in [-0.15, -0.1) is 0 Å². The van der Waals surface area contributed by atoms with Gasteiger partial charge in [-0.3, -0.25) is 0 Å². The van der Waals surface area contributed by atoms with Gasteiger partial charge in [-0.25, -0.2) is 4.98 Å². The molecule has 0 fully saturated rings. The summed E-state index contributed by atoms with van der Waals surface area (Å²) in [6.07, 6.45) is 0. The van der Waals surface area contributed by atoms with Gasteiger partial charge in [0.05, 0.1) is 21.7 Å². The molecule has 4 N–H and O–H groups in total. The molecule has 0 unspecified atom stereocenters. The van der Waals surface area contributed by atoms with Gasteiger partial charge in [-0.2, -0.15) is 0 Å². The molecule has 0 aliphatic carbocycles. The standard InChI is InChI=1S/C13H9Cl2N3O/c14-6-3-8(12(16)9(15)4-6)13-17-10-2-1-7(19)5-11(10)18-13/h1-5,19H,16H2,(H,17,18). The molecule has 96 valence electrons. The fourth-order valence-corrected chi connectivity index (χ4v) is 2.40. The third kappa shape index (κ3) is 2.09. The molecule has 6 heteroatoms. The number of anilines is 1. The van der Waals surface area contributed by atoms with Crippen LogP contribution in [0.25, 0.3) is 22.4 Å². The van der Waals surface area contributed by atoms with Crippen molar-refractivity contribution < 1.29 is 5.11 Å². The lowest BCUT2D eigenvalue weighted by atomic mass is 10.1. The van der Waals surface area contributed by atoms with Crippen molar-refractivity contribution in [3.63, 3.8) is 0 Å². The molecular formula is C13H9Cl2N3O. The summed E-state index contributed by atoms with van der Waals surface area (Å²) in [6, 6.07) is 8.15. The smallest absolute Gasteiger partial charge is 0.140 e. The number of aromatic nitrogens is 2. The van der Waals surface area contributed by atoms with E-state index in [1.165, 1.54) is 0 Å². The predicted octanol–water partition coefficient (Wildman–Crippen LogP) is 3.82. The molecule has 0 aliphatic heterocycles. The van der Waals surface area contributed by atoms with Gasteiger partial charge in [0, 0.05) is 16.7 Å². The van der Waals surface area contributed by atoms with Gasteiger partial charge in [-0.05, 0) is 24.3 Å². The fraction of sp³-hybridized carbons (Fsp3) is 0. The molecule has 0 saturated carbocycles. The lowest BCUT2D eigenvalue weighted by Gasteiger charge is -2.05. The molecule has 0 radical (unpaired) electrons. The predicted molar refractivity (Wildman–Crippen MR) is 77.6 cm³/mol. The number of phenols is 1. The Morgan fingerprint density at radius 2 is 1.95 bits per heavy atom. The lowest BCUT2D eigenvalue weighted by molar-refractivity contribution is 0.476. The van der Waals surface area contributed by atoms with Crippen molar-refractivity contribution in [3.8, 4) is 17.1 Å². The summed E-state index contributed by atoms with van der Waals surface area (Å²) < 4.78 is 0. The van der Waals surface area contributed by atoms with Crippen LogP contribution in [0.5, 0.6) is 5.75 Å².